The van der Waals surface area contributed by atoms with Gasteiger partial charge in [0.1, 0.15) is 11.9 Å². The number of carbonyl (C=O) groups is 2. The van der Waals surface area contributed by atoms with Crippen molar-refractivity contribution >= 4 is 11.8 Å². The van der Waals surface area contributed by atoms with Crippen molar-refractivity contribution in [1.29, 1.82) is 0 Å². The van der Waals surface area contributed by atoms with Crippen molar-refractivity contribution in [1.82, 2.24) is 0 Å². The van der Waals surface area contributed by atoms with E-state index in [0.29, 0.717) is 12.8 Å². The Morgan fingerprint density at radius 1 is 1.50 bits per heavy atom. The number of Topliss-reactive ketones (excluding diaryl/α,β-unsaturated/α-hetero) is 1. The van der Waals surface area contributed by atoms with Crippen LogP contribution in [0.5, 0.6) is 0 Å². The first kappa shape index (κ1) is 11.2. The fourth-order valence-electron chi connectivity index (χ4n) is 1.46. The molecule has 0 aromatic heterocycles. The fourth-order valence-corrected chi connectivity index (χ4v) is 1.46. The third kappa shape index (κ3) is 2.56. The molecule has 0 aliphatic carbocycles. The van der Waals surface area contributed by atoms with E-state index in [1.165, 1.54) is 0 Å². The van der Waals surface area contributed by atoms with Crippen LogP contribution < -0.4 is 0 Å². The lowest BCUT2D eigenvalue weighted by Gasteiger charge is -2.20. The van der Waals surface area contributed by atoms with Crippen molar-refractivity contribution in [2.45, 2.75) is 46.6 Å². The molecule has 1 saturated heterocycles. The number of hydrogen-bond acceptors (Lipinski definition) is 3. The van der Waals surface area contributed by atoms with Crippen LogP contribution in [-0.2, 0) is 14.3 Å². The van der Waals surface area contributed by atoms with Crippen LogP contribution in [-0.4, -0.2) is 17.9 Å². The zero-order valence-electron chi connectivity index (χ0n) is 9.29. The summed E-state index contributed by atoms with van der Waals surface area (Å²) in [5.41, 5.74) is -0.339. The Morgan fingerprint density at radius 2 is 2.07 bits per heavy atom. The van der Waals surface area contributed by atoms with E-state index in [4.69, 9.17) is 4.74 Å². The number of hydrogen-bond donors (Lipinski definition) is 0. The molecule has 0 unspecified atom stereocenters. The van der Waals surface area contributed by atoms with Crippen LogP contribution >= 0.6 is 0 Å². The summed E-state index contributed by atoms with van der Waals surface area (Å²) in [5, 5.41) is 0. The summed E-state index contributed by atoms with van der Waals surface area (Å²) < 4.78 is 5.08. The van der Waals surface area contributed by atoms with E-state index >= 15 is 0 Å². The van der Waals surface area contributed by atoms with E-state index in [-0.39, 0.29) is 29.2 Å². The topological polar surface area (TPSA) is 43.4 Å². The van der Waals surface area contributed by atoms with E-state index in [1.807, 2.05) is 27.7 Å². The van der Waals surface area contributed by atoms with Crippen molar-refractivity contribution in [3.8, 4) is 0 Å². The molecule has 0 saturated carbocycles. The zero-order chi connectivity index (χ0) is 10.9. The van der Waals surface area contributed by atoms with E-state index in [0.717, 1.165) is 0 Å². The molecule has 0 spiro atoms. The highest BCUT2D eigenvalue weighted by Gasteiger charge is 2.35. The molecule has 0 aromatic carbocycles. The minimum absolute atomic E-state index is 0.157. The number of rotatable bonds is 2. The Morgan fingerprint density at radius 3 is 2.43 bits per heavy atom. The van der Waals surface area contributed by atoms with Gasteiger partial charge in [-0.3, -0.25) is 9.59 Å². The lowest BCUT2D eigenvalue weighted by molar-refractivity contribution is -0.143. The van der Waals surface area contributed by atoms with Crippen LogP contribution in [0, 0.1) is 11.3 Å². The van der Waals surface area contributed by atoms with Crippen molar-refractivity contribution < 1.29 is 14.3 Å². The minimum Gasteiger partial charge on any atom is -0.462 e. The van der Waals surface area contributed by atoms with Gasteiger partial charge in [-0.15, -0.1) is 0 Å². The molecule has 0 amide bonds. The molecule has 1 aliphatic rings. The van der Waals surface area contributed by atoms with Crippen molar-refractivity contribution in [3.63, 3.8) is 0 Å². The van der Waals surface area contributed by atoms with Crippen molar-refractivity contribution in [3.05, 3.63) is 0 Å². The number of ketones is 1. The van der Waals surface area contributed by atoms with Gasteiger partial charge < -0.3 is 4.74 Å². The average molecular weight is 198 g/mol. The monoisotopic (exact) mass is 198 g/mol. The SMILES string of the molecule is C[C@@H]1CC(=O)O[C@@H]1CC(=O)C(C)(C)C. The highest BCUT2D eigenvalue weighted by molar-refractivity contribution is 5.85. The Bertz CT molecular complexity index is 250. The predicted octanol–water partition coefficient (Wildman–Crippen LogP) is 1.94. The van der Waals surface area contributed by atoms with Gasteiger partial charge in [0.05, 0.1) is 6.42 Å². The zero-order valence-corrected chi connectivity index (χ0v) is 9.29. The highest BCUT2D eigenvalue weighted by Crippen LogP contribution is 2.27. The van der Waals surface area contributed by atoms with Gasteiger partial charge in [-0.1, -0.05) is 27.7 Å². The standard InChI is InChI=1S/C11H18O3/c1-7-5-10(13)14-8(7)6-9(12)11(2,3)4/h7-8H,5-6H2,1-4H3/t7-,8-/m1/s1. The summed E-state index contributed by atoms with van der Waals surface area (Å²) in [6.45, 7) is 7.61. The molecule has 1 fully saturated rings. The average Bonchev–Trinajstić information content (AvgIpc) is 2.28. The van der Waals surface area contributed by atoms with Crippen LogP contribution in [0.4, 0.5) is 0 Å². The van der Waals surface area contributed by atoms with Gasteiger partial charge in [-0.25, -0.2) is 0 Å². The van der Waals surface area contributed by atoms with Crippen LogP contribution in [0.2, 0.25) is 0 Å². The number of carbonyl (C=O) groups excluding carboxylic acids is 2. The fraction of sp³-hybridized carbons (Fsp3) is 0.818. The van der Waals surface area contributed by atoms with Gasteiger partial charge in [0.15, 0.2) is 0 Å². The Hall–Kier alpha value is -0.860. The first-order valence-corrected chi connectivity index (χ1v) is 5.03. The second-order valence-electron chi connectivity index (χ2n) is 5.09. The third-order valence-corrected chi connectivity index (χ3v) is 2.63. The lowest BCUT2D eigenvalue weighted by atomic mass is 9.85. The first-order chi connectivity index (χ1) is 6.30. The highest BCUT2D eigenvalue weighted by atomic mass is 16.5. The van der Waals surface area contributed by atoms with E-state index in [1.54, 1.807) is 0 Å². The summed E-state index contributed by atoms with van der Waals surface area (Å²) in [7, 11) is 0. The normalized spacial score (nSPS) is 27.6. The second kappa shape index (κ2) is 3.71. The number of cyclic esters (lactones) is 1. The Kier molecular flexibility index (Phi) is 2.98. The molecule has 3 nitrogen and oxygen atoms in total. The molecule has 3 heteroatoms. The Labute approximate surface area is 84.8 Å². The van der Waals surface area contributed by atoms with Crippen LogP contribution in [0.1, 0.15) is 40.5 Å². The molecular formula is C11H18O3. The molecule has 0 bridgehead atoms. The van der Waals surface area contributed by atoms with Gasteiger partial charge in [0.25, 0.3) is 0 Å². The molecule has 2 atom stereocenters. The molecule has 0 N–H and O–H groups in total. The maximum Gasteiger partial charge on any atom is 0.306 e. The molecule has 1 rings (SSSR count). The third-order valence-electron chi connectivity index (χ3n) is 2.63. The second-order valence-corrected chi connectivity index (χ2v) is 5.09. The van der Waals surface area contributed by atoms with Gasteiger partial charge in [0, 0.05) is 17.8 Å². The number of esters is 1. The Balaban J connectivity index is 2.53. The largest absolute Gasteiger partial charge is 0.462 e. The van der Waals surface area contributed by atoms with Gasteiger partial charge in [0.2, 0.25) is 0 Å². The van der Waals surface area contributed by atoms with Crippen LogP contribution in [0.25, 0.3) is 0 Å². The summed E-state index contributed by atoms with van der Waals surface area (Å²) >= 11 is 0. The molecule has 0 radical (unpaired) electrons. The molecule has 1 heterocycles. The van der Waals surface area contributed by atoms with Crippen molar-refractivity contribution in [2.24, 2.45) is 11.3 Å². The summed E-state index contributed by atoms with van der Waals surface area (Å²) in [4.78, 5) is 22.6. The van der Waals surface area contributed by atoms with Crippen molar-refractivity contribution in [2.75, 3.05) is 0 Å². The maximum absolute atomic E-state index is 11.7. The van der Waals surface area contributed by atoms with E-state index in [9.17, 15) is 9.59 Å². The molecule has 14 heavy (non-hydrogen) atoms. The molecule has 1 aliphatic heterocycles. The smallest absolute Gasteiger partial charge is 0.306 e. The minimum atomic E-state index is -0.339. The summed E-state index contributed by atoms with van der Waals surface area (Å²) in [5.74, 6) is 0.155. The molecule has 0 aromatic rings. The van der Waals surface area contributed by atoms with E-state index in [2.05, 4.69) is 0 Å². The molecular weight excluding hydrogens is 180 g/mol. The molecule has 80 valence electrons. The van der Waals surface area contributed by atoms with Gasteiger partial charge >= 0.3 is 5.97 Å². The quantitative estimate of drug-likeness (QED) is 0.637. The van der Waals surface area contributed by atoms with Gasteiger partial charge in [-0.05, 0) is 0 Å². The predicted molar refractivity (Wildman–Crippen MR) is 52.7 cm³/mol. The number of ether oxygens (including phenoxy) is 1. The van der Waals surface area contributed by atoms with E-state index < -0.39 is 0 Å². The van der Waals surface area contributed by atoms with Crippen LogP contribution in [0.15, 0.2) is 0 Å². The van der Waals surface area contributed by atoms with Crippen LogP contribution in [0.3, 0.4) is 0 Å². The summed E-state index contributed by atoms with van der Waals surface area (Å²) in [6, 6.07) is 0. The summed E-state index contributed by atoms with van der Waals surface area (Å²) in [6.07, 6.45) is 0.604. The van der Waals surface area contributed by atoms with Gasteiger partial charge in [-0.2, -0.15) is 0 Å². The maximum atomic E-state index is 11.7. The lowest BCUT2D eigenvalue weighted by Crippen LogP contribution is -2.27. The first-order valence-electron chi connectivity index (χ1n) is 5.03.